The summed E-state index contributed by atoms with van der Waals surface area (Å²) in [5.74, 6) is 0. The summed E-state index contributed by atoms with van der Waals surface area (Å²) in [6, 6.07) is 2.70. The monoisotopic (exact) mass is 253 g/mol. The fourth-order valence-corrected chi connectivity index (χ4v) is 2.29. The Morgan fingerprint density at radius 1 is 1.28 bits per heavy atom. The number of piperidine rings is 1. The van der Waals surface area contributed by atoms with Crippen LogP contribution in [0.5, 0.6) is 0 Å². The minimum absolute atomic E-state index is 0.537. The summed E-state index contributed by atoms with van der Waals surface area (Å²) in [4.78, 5) is 4.68. The molecule has 1 heterocycles. The van der Waals surface area contributed by atoms with Crippen molar-refractivity contribution in [2.75, 3.05) is 46.4 Å². The SMILES string of the molecule is CC(COCCN(C)CCC#N)N1CCCCC1. The van der Waals surface area contributed by atoms with Crippen molar-refractivity contribution in [3.05, 3.63) is 0 Å². The van der Waals surface area contributed by atoms with Gasteiger partial charge in [0.2, 0.25) is 0 Å². The van der Waals surface area contributed by atoms with Crippen LogP contribution in [0.25, 0.3) is 0 Å². The molecule has 104 valence electrons. The standard InChI is InChI=1S/C14H27N3O/c1-14(17-9-4-3-5-10-17)13-18-12-11-16(2)8-6-7-15/h14H,3-6,8-13H2,1-2H3. The Hall–Kier alpha value is -0.630. The number of nitriles is 1. The number of ether oxygens (including phenoxy) is 1. The van der Waals surface area contributed by atoms with Crippen molar-refractivity contribution < 1.29 is 4.74 Å². The molecule has 0 bridgehead atoms. The molecule has 0 aliphatic carbocycles. The Kier molecular flexibility index (Phi) is 7.99. The van der Waals surface area contributed by atoms with Gasteiger partial charge in [-0.15, -0.1) is 0 Å². The first-order chi connectivity index (χ1) is 8.74. The van der Waals surface area contributed by atoms with Gasteiger partial charge in [-0.1, -0.05) is 6.42 Å². The molecule has 1 aliphatic heterocycles. The van der Waals surface area contributed by atoms with Gasteiger partial charge >= 0.3 is 0 Å². The molecule has 1 aliphatic rings. The molecule has 0 saturated carbocycles. The quantitative estimate of drug-likeness (QED) is 0.618. The molecule has 0 aromatic carbocycles. The van der Waals surface area contributed by atoms with Crippen LogP contribution in [-0.4, -0.2) is 62.3 Å². The predicted molar refractivity (Wildman–Crippen MR) is 73.4 cm³/mol. The van der Waals surface area contributed by atoms with Gasteiger partial charge in [0.25, 0.3) is 0 Å². The zero-order valence-corrected chi connectivity index (χ0v) is 11.9. The van der Waals surface area contributed by atoms with E-state index in [1.165, 1.54) is 32.4 Å². The van der Waals surface area contributed by atoms with Gasteiger partial charge in [-0.3, -0.25) is 4.90 Å². The Labute approximate surface area is 112 Å². The van der Waals surface area contributed by atoms with Gasteiger partial charge in [0, 0.05) is 25.6 Å². The lowest BCUT2D eigenvalue weighted by molar-refractivity contribution is 0.0493. The Balaban J connectivity index is 2.01. The lowest BCUT2D eigenvalue weighted by Gasteiger charge is -2.32. The van der Waals surface area contributed by atoms with Crippen LogP contribution in [0.4, 0.5) is 0 Å². The van der Waals surface area contributed by atoms with Crippen LogP contribution in [0.2, 0.25) is 0 Å². The maximum atomic E-state index is 8.49. The molecule has 0 spiro atoms. The number of hydrogen-bond donors (Lipinski definition) is 0. The Bertz CT molecular complexity index is 246. The summed E-state index contributed by atoms with van der Waals surface area (Å²) in [7, 11) is 2.04. The second-order valence-corrected chi connectivity index (χ2v) is 5.23. The van der Waals surface area contributed by atoms with E-state index >= 15 is 0 Å². The Morgan fingerprint density at radius 2 is 2.00 bits per heavy atom. The average Bonchev–Trinajstić information content (AvgIpc) is 2.42. The minimum atomic E-state index is 0.537. The summed E-state index contributed by atoms with van der Waals surface area (Å²) in [6.45, 7) is 8.05. The van der Waals surface area contributed by atoms with E-state index < -0.39 is 0 Å². The molecule has 1 atom stereocenters. The van der Waals surface area contributed by atoms with E-state index in [9.17, 15) is 0 Å². The molecule has 0 aromatic rings. The number of hydrogen-bond acceptors (Lipinski definition) is 4. The fraction of sp³-hybridized carbons (Fsp3) is 0.929. The first kappa shape index (κ1) is 15.4. The molecule has 18 heavy (non-hydrogen) atoms. The molecule has 1 unspecified atom stereocenters. The first-order valence-electron chi connectivity index (χ1n) is 7.11. The second kappa shape index (κ2) is 9.32. The van der Waals surface area contributed by atoms with Gasteiger partial charge < -0.3 is 9.64 Å². The molecule has 4 heteroatoms. The highest BCUT2D eigenvalue weighted by atomic mass is 16.5. The van der Waals surface area contributed by atoms with Gasteiger partial charge in [0.05, 0.1) is 19.3 Å². The highest BCUT2D eigenvalue weighted by Gasteiger charge is 2.16. The lowest BCUT2D eigenvalue weighted by atomic mass is 10.1. The topological polar surface area (TPSA) is 39.5 Å². The molecule has 0 amide bonds. The third-order valence-corrected chi connectivity index (χ3v) is 3.60. The molecule has 4 nitrogen and oxygen atoms in total. The van der Waals surface area contributed by atoms with Gasteiger partial charge in [-0.2, -0.15) is 5.26 Å². The second-order valence-electron chi connectivity index (χ2n) is 5.23. The van der Waals surface area contributed by atoms with Gasteiger partial charge in [0.1, 0.15) is 0 Å². The number of nitrogens with zero attached hydrogens (tertiary/aromatic N) is 3. The highest BCUT2D eigenvalue weighted by Crippen LogP contribution is 2.11. The average molecular weight is 253 g/mol. The maximum Gasteiger partial charge on any atom is 0.0635 e. The van der Waals surface area contributed by atoms with Crippen LogP contribution < -0.4 is 0 Å². The van der Waals surface area contributed by atoms with E-state index in [1.807, 2.05) is 7.05 Å². The normalized spacial score (nSPS) is 18.8. The molecule has 1 rings (SSSR count). The first-order valence-corrected chi connectivity index (χ1v) is 7.11. The van der Waals surface area contributed by atoms with E-state index in [4.69, 9.17) is 10.00 Å². The number of rotatable bonds is 8. The van der Waals surface area contributed by atoms with E-state index in [2.05, 4.69) is 22.8 Å². The summed E-state index contributed by atoms with van der Waals surface area (Å²) >= 11 is 0. The lowest BCUT2D eigenvalue weighted by Crippen LogP contribution is -2.40. The van der Waals surface area contributed by atoms with Gasteiger partial charge in [0.15, 0.2) is 0 Å². The van der Waals surface area contributed by atoms with Crippen molar-refractivity contribution in [2.24, 2.45) is 0 Å². The molecule has 0 aromatic heterocycles. The highest BCUT2D eigenvalue weighted by molar-refractivity contribution is 4.72. The molecular weight excluding hydrogens is 226 g/mol. The molecule has 0 N–H and O–H groups in total. The van der Waals surface area contributed by atoms with Gasteiger partial charge in [-0.25, -0.2) is 0 Å². The van der Waals surface area contributed by atoms with Crippen molar-refractivity contribution >= 4 is 0 Å². The zero-order chi connectivity index (χ0) is 13.2. The van der Waals surface area contributed by atoms with E-state index in [0.29, 0.717) is 12.5 Å². The number of likely N-dealkylation sites (tertiary alicyclic amines) is 1. The fourth-order valence-electron chi connectivity index (χ4n) is 2.29. The molecular formula is C14H27N3O. The van der Waals surface area contributed by atoms with E-state index in [0.717, 1.165) is 26.3 Å². The van der Waals surface area contributed by atoms with Crippen molar-refractivity contribution in [1.29, 1.82) is 5.26 Å². The molecule has 1 fully saturated rings. The minimum Gasteiger partial charge on any atom is -0.379 e. The van der Waals surface area contributed by atoms with Crippen LogP contribution in [0, 0.1) is 11.3 Å². The van der Waals surface area contributed by atoms with Crippen LogP contribution in [0.3, 0.4) is 0 Å². The van der Waals surface area contributed by atoms with Crippen LogP contribution in [0.15, 0.2) is 0 Å². The van der Waals surface area contributed by atoms with Crippen molar-refractivity contribution in [1.82, 2.24) is 9.80 Å². The number of likely N-dealkylation sites (N-methyl/N-ethyl adjacent to an activating group) is 1. The smallest absolute Gasteiger partial charge is 0.0635 e. The van der Waals surface area contributed by atoms with Crippen LogP contribution in [-0.2, 0) is 4.74 Å². The summed E-state index contributed by atoms with van der Waals surface area (Å²) in [6.07, 6.45) is 4.65. The third kappa shape index (κ3) is 6.34. The summed E-state index contributed by atoms with van der Waals surface area (Å²) < 4.78 is 5.73. The van der Waals surface area contributed by atoms with Crippen molar-refractivity contribution in [3.63, 3.8) is 0 Å². The molecule has 1 saturated heterocycles. The van der Waals surface area contributed by atoms with E-state index in [1.54, 1.807) is 0 Å². The van der Waals surface area contributed by atoms with Crippen molar-refractivity contribution in [3.8, 4) is 6.07 Å². The predicted octanol–water partition coefficient (Wildman–Crippen LogP) is 1.72. The van der Waals surface area contributed by atoms with E-state index in [-0.39, 0.29) is 0 Å². The molecule has 0 radical (unpaired) electrons. The summed E-state index contributed by atoms with van der Waals surface area (Å²) in [5, 5.41) is 8.49. The van der Waals surface area contributed by atoms with Crippen LogP contribution >= 0.6 is 0 Å². The Morgan fingerprint density at radius 3 is 2.67 bits per heavy atom. The largest absolute Gasteiger partial charge is 0.379 e. The van der Waals surface area contributed by atoms with Crippen molar-refractivity contribution in [2.45, 2.75) is 38.6 Å². The van der Waals surface area contributed by atoms with Crippen LogP contribution in [0.1, 0.15) is 32.6 Å². The maximum absolute atomic E-state index is 8.49. The zero-order valence-electron chi connectivity index (χ0n) is 11.9. The third-order valence-electron chi connectivity index (χ3n) is 3.60. The van der Waals surface area contributed by atoms with Gasteiger partial charge in [-0.05, 0) is 39.9 Å². The summed E-state index contributed by atoms with van der Waals surface area (Å²) in [5.41, 5.74) is 0.